The zero-order valence-corrected chi connectivity index (χ0v) is 14.5. The fourth-order valence-electron chi connectivity index (χ4n) is 3.15. The fraction of sp³-hybridized carbons (Fsp3) is 0.750. The molecular formula is C16H26N2O6. The second kappa shape index (κ2) is 8.77. The van der Waals surface area contributed by atoms with E-state index in [2.05, 4.69) is 5.43 Å². The van der Waals surface area contributed by atoms with Crippen molar-refractivity contribution in [3.05, 3.63) is 0 Å². The quantitative estimate of drug-likeness (QED) is 0.363. The fourth-order valence-corrected chi connectivity index (χ4v) is 3.15. The number of carbonyl (C=O) groups excluding carboxylic acids is 3. The Bertz CT molecular complexity index is 507. The Kier molecular flexibility index (Phi) is 7.34. The summed E-state index contributed by atoms with van der Waals surface area (Å²) >= 11 is 0. The van der Waals surface area contributed by atoms with Gasteiger partial charge in [0.25, 0.3) is 0 Å². The lowest BCUT2D eigenvalue weighted by molar-refractivity contribution is -0.148. The number of hydrogen-bond donors (Lipinski definition) is 2. The third-order valence-electron chi connectivity index (χ3n) is 4.25. The van der Waals surface area contributed by atoms with E-state index in [1.165, 1.54) is 11.9 Å². The molecule has 0 heterocycles. The molecule has 1 fully saturated rings. The molecule has 1 aliphatic carbocycles. The van der Waals surface area contributed by atoms with Crippen molar-refractivity contribution in [3.8, 4) is 0 Å². The normalized spacial score (nSPS) is 22.9. The van der Waals surface area contributed by atoms with Crippen LogP contribution in [0, 0.1) is 5.92 Å². The third kappa shape index (κ3) is 5.59. The number of esters is 1. The molecule has 0 radical (unpaired) electrons. The van der Waals surface area contributed by atoms with E-state index >= 15 is 0 Å². The molecule has 0 aromatic rings. The lowest BCUT2D eigenvalue weighted by atomic mass is 9.91. The number of ketones is 1. The van der Waals surface area contributed by atoms with Gasteiger partial charge in [0.2, 0.25) is 5.91 Å². The van der Waals surface area contributed by atoms with Gasteiger partial charge in [-0.3, -0.25) is 24.2 Å². The summed E-state index contributed by atoms with van der Waals surface area (Å²) in [6, 6.07) is 0. The standard InChI is InChI=1S/C16H26N2O6/c1-4-18(11(3)19)17-16(10-15(23)24-5-2)7-6-12(9-16)13(20)8-14(21)22/h12,17H,4-10H2,1-3H3,(H,21,22). The van der Waals surface area contributed by atoms with Gasteiger partial charge in [0, 0.05) is 24.9 Å². The van der Waals surface area contributed by atoms with E-state index in [1.54, 1.807) is 13.8 Å². The van der Waals surface area contributed by atoms with E-state index in [-0.39, 0.29) is 24.7 Å². The third-order valence-corrected chi connectivity index (χ3v) is 4.25. The van der Waals surface area contributed by atoms with Crippen molar-refractivity contribution in [3.63, 3.8) is 0 Å². The van der Waals surface area contributed by atoms with Crippen LogP contribution in [0.4, 0.5) is 0 Å². The first kappa shape index (κ1) is 20.1. The van der Waals surface area contributed by atoms with Crippen molar-refractivity contribution in [1.82, 2.24) is 10.4 Å². The average molecular weight is 342 g/mol. The molecule has 1 aliphatic rings. The highest BCUT2D eigenvalue weighted by atomic mass is 16.5. The van der Waals surface area contributed by atoms with Gasteiger partial charge in [-0.25, -0.2) is 5.43 Å². The minimum absolute atomic E-state index is 0.0292. The van der Waals surface area contributed by atoms with Gasteiger partial charge < -0.3 is 9.84 Å². The zero-order valence-electron chi connectivity index (χ0n) is 14.5. The van der Waals surface area contributed by atoms with Gasteiger partial charge in [0.05, 0.1) is 13.0 Å². The van der Waals surface area contributed by atoms with Crippen molar-refractivity contribution in [2.75, 3.05) is 13.2 Å². The minimum atomic E-state index is -1.16. The van der Waals surface area contributed by atoms with E-state index in [1.807, 2.05) is 0 Å². The van der Waals surface area contributed by atoms with Gasteiger partial charge in [-0.05, 0) is 33.1 Å². The number of aliphatic carboxylic acids is 1. The number of nitrogens with one attached hydrogen (secondary N) is 1. The van der Waals surface area contributed by atoms with Crippen molar-refractivity contribution >= 4 is 23.6 Å². The Labute approximate surface area is 141 Å². The van der Waals surface area contributed by atoms with Crippen molar-refractivity contribution in [1.29, 1.82) is 0 Å². The first-order valence-electron chi connectivity index (χ1n) is 8.19. The number of hydrazine groups is 1. The van der Waals surface area contributed by atoms with E-state index in [4.69, 9.17) is 9.84 Å². The topological polar surface area (TPSA) is 113 Å². The largest absolute Gasteiger partial charge is 0.481 e. The van der Waals surface area contributed by atoms with Crippen LogP contribution in [0.3, 0.4) is 0 Å². The molecule has 0 bridgehead atoms. The Hall–Kier alpha value is -1.96. The lowest BCUT2D eigenvalue weighted by Gasteiger charge is -2.35. The summed E-state index contributed by atoms with van der Waals surface area (Å²) in [5.74, 6) is -2.54. The first-order chi connectivity index (χ1) is 11.2. The monoisotopic (exact) mass is 342 g/mol. The van der Waals surface area contributed by atoms with Gasteiger partial charge in [-0.1, -0.05) is 0 Å². The molecule has 1 rings (SSSR count). The molecule has 136 valence electrons. The summed E-state index contributed by atoms with van der Waals surface area (Å²) in [7, 11) is 0. The smallest absolute Gasteiger partial charge is 0.310 e. The molecule has 0 aromatic heterocycles. The van der Waals surface area contributed by atoms with Crippen molar-refractivity contribution in [2.45, 2.75) is 58.4 Å². The SMILES string of the molecule is CCOC(=O)CC1(NN(CC)C(C)=O)CCC(C(=O)CC(=O)O)C1. The molecule has 2 atom stereocenters. The maximum Gasteiger partial charge on any atom is 0.310 e. The molecule has 0 spiro atoms. The van der Waals surface area contributed by atoms with Gasteiger partial charge in [0.1, 0.15) is 12.2 Å². The van der Waals surface area contributed by atoms with Crippen LogP contribution in [0.5, 0.6) is 0 Å². The van der Waals surface area contributed by atoms with E-state index in [0.717, 1.165) is 0 Å². The molecule has 2 N–H and O–H groups in total. The highest BCUT2D eigenvalue weighted by Gasteiger charge is 2.45. The lowest BCUT2D eigenvalue weighted by Crippen LogP contribution is -2.56. The highest BCUT2D eigenvalue weighted by Crippen LogP contribution is 2.38. The van der Waals surface area contributed by atoms with Crippen molar-refractivity contribution < 1.29 is 29.0 Å². The number of ether oxygens (including phenoxy) is 1. The van der Waals surface area contributed by atoms with Crippen LogP contribution in [-0.2, 0) is 23.9 Å². The van der Waals surface area contributed by atoms with E-state index in [0.29, 0.717) is 25.8 Å². The molecule has 0 saturated heterocycles. The Balaban J connectivity index is 2.90. The highest BCUT2D eigenvalue weighted by molar-refractivity contribution is 5.96. The van der Waals surface area contributed by atoms with Crippen LogP contribution in [0.2, 0.25) is 0 Å². The minimum Gasteiger partial charge on any atom is -0.481 e. The van der Waals surface area contributed by atoms with Crippen LogP contribution >= 0.6 is 0 Å². The summed E-state index contributed by atoms with van der Waals surface area (Å²) in [5.41, 5.74) is 2.32. The number of nitrogens with zero attached hydrogens (tertiary/aromatic N) is 1. The van der Waals surface area contributed by atoms with E-state index in [9.17, 15) is 19.2 Å². The van der Waals surface area contributed by atoms with Crippen LogP contribution < -0.4 is 5.43 Å². The van der Waals surface area contributed by atoms with E-state index < -0.39 is 29.8 Å². The van der Waals surface area contributed by atoms with Crippen LogP contribution in [-0.4, -0.2) is 52.4 Å². The maximum absolute atomic E-state index is 12.0. The summed E-state index contributed by atoms with van der Waals surface area (Å²) in [5, 5.41) is 10.2. The Morgan fingerprint density at radius 1 is 1.29 bits per heavy atom. The molecule has 1 amide bonds. The molecule has 8 heteroatoms. The number of rotatable bonds is 9. The van der Waals surface area contributed by atoms with Gasteiger partial charge in [-0.2, -0.15) is 0 Å². The summed E-state index contributed by atoms with van der Waals surface area (Å²) < 4.78 is 5.00. The first-order valence-corrected chi connectivity index (χ1v) is 8.19. The van der Waals surface area contributed by atoms with Gasteiger partial charge in [0.15, 0.2) is 0 Å². The predicted molar refractivity (Wildman–Crippen MR) is 84.8 cm³/mol. The number of carboxylic acid groups (broad SMARTS) is 1. The second-order valence-electron chi connectivity index (χ2n) is 6.11. The number of amides is 1. The Morgan fingerprint density at radius 2 is 1.96 bits per heavy atom. The molecule has 1 saturated carbocycles. The molecule has 24 heavy (non-hydrogen) atoms. The number of Topliss-reactive ketones (excluding diaryl/α,β-unsaturated/α-hetero) is 1. The molecule has 0 aliphatic heterocycles. The van der Waals surface area contributed by atoms with Gasteiger partial charge in [-0.15, -0.1) is 0 Å². The average Bonchev–Trinajstić information content (AvgIpc) is 2.88. The van der Waals surface area contributed by atoms with Crippen LogP contribution in [0.15, 0.2) is 0 Å². The molecule has 8 nitrogen and oxygen atoms in total. The number of hydrogen-bond acceptors (Lipinski definition) is 6. The van der Waals surface area contributed by atoms with Crippen molar-refractivity contribution in [2.24, 2.45) is 5.92 Å². The molecular weight excluding hydrogens is 316 g/mol. The zero-order chi connectivity index (χ0) is 18.3. The van der Waals surface area contributed by atoms with Gasteiger partial charge >= 0.3 is 11.9 Å². The number of carbonyl (C=O) groups is 4. The summed E-state index contributed by atoms with van der Waals surface area (Å²) in [6.45, 7) is 5.58. The predicted octanol–water partition coefficient (Wildman–Crippen LogP) is 0.895. The molecule has 0 aromatic carbocycles. The Morgan fingerprint density at radius 3 is 2.46 bits per heavy atom. The molecule has 2 unspecified atom stereocenters. The van der Waals surface area contributed by atoms with Crippen LogP contribution in [0.25, 0.3) is 0 Å². The second-order valence-corrected chi connectivity index (χ2v) is 6.11. The summed E-state index contributed by atoms with van der Waals surface area (Å²) in [4.78, 5) is 46.4. The number of carboxylic acids is 1. The van der Waals surface area contributed by atoms with Crippen LogP contribution in [0.1, 0.15) is 52.9 Å². The maximum atomic E-state index is 12.0. The summed E-state index contributed by atoms with van der Waals surface area (Å²) in [6.07, 6.45) is 0.785.